The zero-order valence-corrected chi connectivity index (χ0v) is 14.3. The average Bonchev–Trinajstić information content (AvgIpc) is 2.83. The first kappa shape index (κ1) is 16.0. The summed E-state index contributed by atoms with van der Waals surface area (Å²) in [4.78, 5) is 0. The first-order valence-corrected chi connectivity index (χ1v) is 7.94. The monoisotopic (exact) mass is 428 g/mol. The lowest BCUT2D eigenvalue weighted by Crippen LogP contribution is -2.06. The molecule has 23 heavy (non-hydrogen) atoms. The summed E-state index contributed by atoms with van der Waals surface area (Å²) in [6.07, 6.45) is -4.34. The highest BCUT2D eigenvalue weighted by atomic mass is 127. The summed E-state index contributed by atoms with van der Waals surface area (Å²) in [6.45, 7) is 1.88. The van der Waals surface area contributed by atoms with Crippen LogP contribution in [0.3, 0.4) is 0 Å². The zero-order chi connectivity index (χ0) is 16.6. The van der Waals surface area contributed by atoms with E-state index in [-0.39, 0.29) is 0 Å². The van der Waals surface area contributed by atoms with Crippen LogP contribution in [0.4, 0.5) is 13.2 Å². The second-order valence-electron chi connectivity index (χ2n) is 5.07. The van der Waals surface area contributed by atoms with Crippen LogP contribution in [0.15, 0.2) is 54.6 Å². The third-order valence-corrected chi connectivity index (χ3v) is 4.77. The Bertz CT molecular complexity index is 822. The van der Waals surface area contributed by atoms with Gasteiger partial charge in [0.05, 0.1) is 26.2 Å². The predicted octanol–water partition coefficient (Wildman–Crippen LogP) is 5.47. The topological polar surface area (TPSA) is 17.8 Å². The number of alkyl halides is 3. The van der Waals surface area contributed by atoms with Crippen LogP contribution in [0.5, 0.6) is 0 Å². The highest BCUT2D eigenvalue weighted by molar-refractivity contribution is 14.1. The number of hydrogen-bond donors (Lipinski definition) is 0. The van der Waals surface area contributed by atoms with Gasteiger partial charge < -0.3 is 0 Å². The van der Waals surface area contributed by atoms with Crippen LogP contribution in [-0.4, -0.2) is 9.78 Å². The Morgan fingerprint density at radius 1 is 0.957 bits per heavy atom. The van der Waals surface area contributed by atoms with Gasteiger partial charge in [-0.15, -0.1) is 0 Å². The molecule has 0 unspecified atom stereocenters. The molecular formula is C17H12F3IN2. The average molecular weight is 428 g/mol. The van der Waals surface area contributed by atoms with Crippen molar-refractivity contribution in [2.45, 2.75) is 13.1 Å². The van der Waals surface area contributed by atoms with Gasteiger partial charge in [-0.3, -0.25) is 0 Å². The molecule has 0 fully saturated rings. The molecule has 6 heteroatoms. The SMILES string of the molecule is Cc1nn(-c2ccc(C(F)(F)F)cc2)c(-c2ccccc2)c1I. The van der Waals surface area contributed by atoms with Crippen LogP contribution in [0.2, 0.25) is 0 Å². The largest absolute Gasteiger partial charge is 0.416 e. The fourth-order valence-electron chi connectivity index (χ4n) is 2.33. The van der Waals surface area contributed by atoms with E-state index in [2.05, 4.69) is 27.7 Å². The Kier molecular flexibility index (Phi) is 4.18. The van der Waals surface area contributed by atoms with E-state index in [1.807, 2.05) is 37.3 Å². The van der Waals surface area contributed by atoms with Gasteiger partial charge in [0.25, 0.3) is 0 Å². The fourth-order valence-corrected chi connectivity index (χ4v) is 2.98. The lowest BCUT2D eigenvalue weighted by molar-refractivity contribution is -0.137. The van der Waals surface area contributed by atoms with Crippen molar-refractivity contribution in [3.05, 3.63) is 69.4 Å². The maximum atomic E-state index is 12.7. The van der Waals surface area contributed by atoms with Gasteiger partial charge in [-0.2, -0.15) is 18.3 Å². The Labute approximate surface area is 145 Å². The van der Waals surface area contributed by atoms with Crippen molar-refractivity contribution in [2.24, 2.45) is 0 Å². The minimum absolute atomic E-state index is 0.600. The standard InChI is InChI=1S/C17H12F3IN2/c1-11-15(21)16(12-5-3-2-4-6-12)23(22-11)14-9-7-13(8-10-14)17(18,19)20/h2-10H,1H3. The molecule has 0 spiro atoms. The molecule has 0 saturated heterocycles. The number of aromatic nitrogens is 2. The third-order valence-electron chi connectivity index (χ3n) is 3.47. The molecule has 0 aliphatic carbocycles. The maximum Gasteiger partial charge on any atom is 0.416 e. The third kappa shape index (κ3) is 3.12. The smallest absolute Gasteiger partial charge is 0.232 e. The Hall–Kier alpha value is -1.83. The lowest BCUT2D eigenvalue weighted by Gasteiger charge is -2.10. The molecule has 2 nitrogen and oxygen atoms in total. The summed E-state index contributed by atoms with van der Waals surface area (Å²) < 4.78 is 40.8. The quantitative estimate of drug-likeness (QED) is 0.495. The van der Waals surface area contributed by atoms with Crippen LogP contribution < -0.4 is 0 Å². The highest BCUT2D eigenvalue weighted by Gasteiger charge is 2.30. The van der Waals surface area contributed by atoms with Gasteiger partial charge in [0.2, 0.25) is 0 Å². The lowest BCUT2D eigenvalue weighted by atomic mass is 10.1. The highest BCUT2D eigenvalue weighted by Crippen LogP contribution is 2.32. The summed E-state index contributed by atoms with van der Waals surface area (Å²) in [5, 5.41) is 4.48. The number of nitrogens with zero attached hydrogens (tertiary/aromatic N) is 2. The summed E-state index contributed by atoms with van der Waals surface area (Å²) in [7, 11) is 0. The van der Waals surface area contributed by atoms with E-state index in [1.54, 1.807) is 4.68 Å². The Balaban J connectivity index is 2.12. The van der Waals surface area contributed by atoms with Gasteiger partial charge >= 0.3 is 6.18 Å². The number of benzene rings is 2. The molecule has 0 aliphatic rings. The van der Waals surface area contributed by atoms with Crippen LogP contribution in [0.1, 0.15) is 11.3 Å². The fraction of sp³-hybridized carbons (Fsp3) is 0.118. The van der Waals surface area contributed by atoms with Gasteiger partial charge in [0, 0.05) is 5.56 Å². The molecule has 0 aliphatic heterocycles. The minimum Gasteiger partial charge on any atom is -0.232 e. The molecular weight excluding hydrogens is 416 g/mol. The zero-order valence-electron chi connectivity index (χ0n) is 12.1. The summed E-state index contributed by atoms with van der Waals surface area (Å²) >= 11 is 2.21. The molecule has 2 aromatic carbocycles. The molecule has 0 N–H and O–H groups in total. The number of rotatable bonds is 2. The molecule has 0 bridgehead atoms. The molecule has 0 atom stereocenters. The van der Waals surface area contributed by atoms with Crippen LogP contribution in [0, 0.1) is 10.5 Å². The van der Waals surface area contributed by atoms with E-state index in [4.69, 9.17) is 0 Å². The molecule has 0 amide bonds. The van der Waals surface area contributed by atoms with Crippen molar-refractivity contribution in [3.63, 3.8) is 0 Å². The predicted molar refractivity (Wildman–Crippen MR) is 91.5 cm³/mol. The second-order valence-corrected chi connectivity index (χ2v) is 6.15. The molecule has 0 saturated carbocycles. The van der Waals surface area contributed by atoms with Gasteiger partial charge in [-0.05, 0) is 53.8 Å². The van der Waals surface area contributed by atoms with Gasteiger partial charge in [0.1, 0.15) is 0 Å². The normalized spacial score (nSPS) is 11.7. The molecule has 0 radical (unpaired) electrons. The van der Waals surface area contributed by atoms with E-state index in [9.17, 15) is 13.2 Å². The first-order chi connectivity index (χ1) is 10.9. The molecule has 3 rings (SSSR count). The van der Waals surface area contributed by atoms with Gasteiger partial charge in [0.15, 0.2) is 0 Å². The van der Waals surface area contributed by atoms with Crippen molar-refractivity contribution in [3.8, 4) is 16.9 Å². The van der Waals surface area contributed by atoms with E-state index in [0.29, 0.717) is 5.69 Å². The van der Waals surface area contributed by atoms with Crippen LogP contribution >= 0.6 is 22.6 Å². The molecule has 3 aromatic rings. The minimum atomic E-state index is -4.34. The Morgan fingerprint density at radius 2 is 1.57 bits per heavy atom. The van der Waals surface area contributed by atoms with Crippen molar-refractivity contribution < 1.29 is 13.2 Å². The van der Waals surface area contributed by atoms with Gasteiger partial charge in [-0.1, -0.05) is 30.3 Å². The molecule has 1 aromatic heterocycles. The Morgan fingerprint density at radius 3 is 2.13 bits per heavy atom. The van der Waals surface area contributed by atoms with Crippen LogP contribution in [0.25, 0.3) is 16.9 Å². The summed E-state index contributed by atoms with van der Waals surface area (Å²) in [6, 6.07) is 14.7. The van der Waals surface area contributed by atoms with Crippen molar-refractivity contribution in [2.75, 3.05) is 0 Å². The maximum absolute atomic E-state index is 12.7. The molecule has 1 heterocycles. The summed E-state index contributed by atoms with van der Waals surface area (Å²) in [5.74, 6) is 0. The van der Waals surface area contributed by atoms with Crippen molar-refractivity contribution in [1.82, 2.24) is 9.78 Å². The van der Waals surface area contributed by atoms with Crippen molar-refractivity contribution in [1.29, 1.82) is 0 Å². The second kappa shape index (κ2) is 5.99. The van der Waals surface area contributed by atoms with E-state index in [1.165, 1.54) is 12.1 Å². The molecule has 118 valence electrons. The van der Waals surface area contributed by atoms with Gasteiger partial charge in [-0.25, -0.2) is 4.68 Å². The number of halogens is 4. The van der Waals surface area contributed by atoms with Crippen molar-refractivity contribution >= 4 is 22.6 Å². The van der Waals surface area contributed by atoms with E-state index in [0.717, 1.165) is 32.7 Å². The van der Waals surface area contributed by atoms with E-state index >= 15 is 0 Å². The number of hydrogen-bond acceptors (Lipinski definition) is 1. The number of aryl methyl sites for hydroxylation is 1. The van der Waals surface area contributed by atoms with Crippen LogP contribution in [-0.2, 0) is 6.18 Å². The van der Waals surface area contributed by atoms with E-state index < -0.39 is 11.7 Å². The summed E-state index contributed by atoms with van der Waals surface area (Å²) in [5.41, 5.74) is 2.62. The first-order valence-electron chi connectivity index (χ1n) is 6.86.